The minimum atomic E-state index is -4.74. The van der Waals surface area contributed by atoms with Crippen molar-refractivity contribution in [3.63, 3.8) is 0 Å². The van der Waals surface area contributed by atoms with E-state index in [4.69, 9.17) is 17.3 Å². The van der Waals surface area contributed by atoms with Gasteiger partial charge < -0.3 is 15.6 Å². The van der Waals surface area contributed by atoms with Gasteiger partial charge in [-0.1, -0.05) is 16.8 Å². The van der Waals surface area contributed by atoms with Crippen molar-refractivity contribution in [2.24, 2.45) is 5.73 Å². The number of aromatic amines is 1. The van der Waals surface area contributed by atoms with E-state index in [1.54, 1.807) is 17.2 Å². The first-order valence-corrected chi connectivity index (χ1v) is 12.7. The van der Waals surface area contributed by atoms with Crippen molar-refractivity contribution < 1.29 is 27.2 Å². The second-order valence-electron chi connectivity index (χ2n) is 9.65. The van der Waals surface area contributed by atoms with Crippen LogP contribution in [0.4, 0.5) is 17.6 Å². The molecule has 4 aromatic rings. The van der Waals surface area contributed by atoms with Crippen molar-refractivity contribution in [2.45, 2.75) is 37.5 Å². The minimum Gasteiger partial charge on any atom is -0.364 e. The molecular weight excluding hydrogens is 568 g/mol. The molecule has 10 nitrogen and oxygen atoms in total. The van der Waals surface area contributed by atoms with Gasteiger partial charge in [0.05, 0.1) is 34.8 Å². The Labute approximate surface area is 233 Å². The number of carbonyl (C=O) groups excluding carboxylic acids is 2. The fourth-order valence-corrected chi connectivity index (χ4v) is 5.45. The van der Waals surface area contributed by atoms with Gasteiger partial charge in [-0.3, -0.25) is 14.6 Å². The normalized spacial score (nSPS) is 18.9. The van der Waals surface area contributed by atoms with Gasteiger partial charge in [0.15, 0.2) is 11.5 Å². The average molecular weight is 587 g/mol. The highest BCUT2D eigenvalue weighted by Crippen LogP contribution is 2.44. The summed E-state index contributed by atoms with van der Waals surface area (Å²) >= 11 is 6.04. The summed E-state index contributed by atoms with van der Waals surface area (Å²) in [6.07, 6.45) is 1.66. The molecular formula is C26H19ClF4N8O2. The van der Waals surface area contributed by atoms with Gasteiger partial charge in [0.1, 0.15) is 11.5 Å². The van der Waals surface area contributed by atoms with E-state index >= 15 is 4.39 Å². The summed E-state index contributed by atoms with van der Waals surface area (Å²) in [4.78, 5) is 38.1. The topological polar surface area (TPSA) is 136 Å². The third-order valence-corrected chi connectivity index (χ3v) is 7.46. The Morgan fingerprint density at radius 2 is 1.93 bits per heavy atom. The van der Waals surface area contributed by atoms with E-state index in [0.29, 0.717) is 36.1 Å². The van der Waals surface area contributed by atoms with Crippen molar-refractivity contribution >= 4 is 29.0 Å². The van der Waals surface area contributed by atoms with Gasteiger partial charge in [0, 0.05) is 29.4 Å². The molecule has 0 spiro atoms. The number of amides is 2. The number of imidazole rings is 1. The zero-order chi connectivity index (χ0) is 29.1. The highest BCUT2D eigenvalue weighted by molar-refractivity contribution is 6.31. The van der Waals surface area contributed by atoms with Gasteiger partial charge in [-0.2, -0.15) is 13.2 Å². The molecule has 41 heavy (non-hydrogen) atoms. The molecule has 3 N–H and O–H groups in total. The maximum Gasteiger partial charge on any atom is 0.436 e. The van der Waals surface area contributed by atoms with E-state index in [1.807, 2.05) is 0 Å². The van der Waals surface area contributed by atoms with E-state index in [9.17, 15) is 22.8 Å². The van der Waals surface area contributed by atoms with E-state index in [0.717, 1.165) is 4.68 Å². The third kappa shape index (κ3) is 4.73. The predicted octanol–water partition coefficient (Wildman–Crippen LogP) is 4.48. The molecule has 0 bridgehead atoms. The number of nitrogens with zero attached hydrogens (tertiary/aromatic N) is 6. The van der Waals surface area contributed by atoms with Gasteiger partial charge in [0.2, 0.25) is 5.91 Å². The van der Waals surface area contributed by atoms with Crippen LogP contribution in [0, 0.1) is 5.82 Å². The number of nitrogens with one attached hydrogen (secondary N) is 1. The minimum absolute atomic E-state index is 0.0245. The summed E-state index contributed by atoms with van der Waals surface area (Å²) in [5, 5.41) is 6.44. The lowest BCUT2D eigenvalue weighted by Crippen LogP contribution is -2.39. The molecule has 6 rings (SSSR count). The summed E-state index contributed by atoms with van der Waals surface area (Å²) in [7, 11) is 0. The van der Waals surface area contributed by atoms with Crippen LogP contribution in [0.3, 0.4) is 0 Å². The Hall–Kier alpha value is -4.59. The molecule has 2 amide bonds. The predicted molar refractivity (Wildman–Crippen MR) is 137 cm³/mol. The Bertz CT molecular complexity index is 1710. The summed E-state index contributed by atoms with van der Waals surface area (Å²) in [6, 6.07) is 5.01. The molecule has 5 heterocycles. The second kappa shape index (κ2) is 9.80. The van der Waals surface area contributed by atoms with Crippen LogP contribution in [0.5, 0.6) is 0 Å². The zero-order valence-electron chi connectivity index (χ0n) is 20.9. The fraction of sp³-hybridized carbons (Fsp3) is 0.231. The number of H-pyrrole nitrogens is 1. The van der Waals surface area contributed by atoms with Gasteiger partial charge >= 0.3 is 6.18 Å². The number of halogens is 5. The lowest BCUT2D eigenvalue weighted by atomic mass is 9.92. The first-order chi connectivity index (χ1) is 19.5. The molecule has 210 valence electrons. The van der Waals surface area contributed by atoms with E-state index in [1.165, 1.54) is 30.5 Å². The molecule has 1 aromatic carbocycles. The number of hydrogen-bond donors (Lipinski definition) is 2. The van der Waals surface area contributed by atoms with Crippen LogP contribution in [0.25, 0.3) is 22.5 Å². The number of fused-ring (bicyclic) bond motifs is 1. The van der Waals surface area contributed by atoms with Crippen LogP contribution in [0.15, 0.2) is 48.9 Å². The van der Waals surface area contributed by atoms with Crippen molar-refractivity contribution in [3.05, 3.63) is 82.5 Å². The first kappa shape index (κ1) is 26.6. The standard InChI is InChI=1S/C26H19ClF4N8O2/c27-15-3-6-18(38-11-20(36-37-38)26(29,30)31)22(23(15)28)13-7-14-2-5-19(39(14)21(40)8-13)25-34-10-17(35-25)12-1-4-16(24(32)41)33-9-12/h1,3-4,6,8-11,14,19H,2,5,7H2,(H2,32,41)(H,34,35)/t14-,19-/m0/s1. The van der Waals surface area contributed by atoms with Crippen LogP contribution in [0.2, 0.25) is 5.02 Å². The number of alkyl halides is 3. The fourth-order valence-electron chi connectivity index (χ4n) is 5.30. The Balaban J connectivity index is 1.30. The number of rotatable bonds is 5. The molecule has 0 radical (unpaired) electrons. The van der Waals surface area contributed by atoms with Crippen molar-refractivity contribution in [2.75, 3.05) is 0 Å². The van der Waals surface area contributed by atoms with Crippen LogP contribution < -0.4 is 5.73 Å². The Morgan fingerprint density at radius 3 is 2.61 bits per heavy atom. The van der Waals surface area contributed by atoms with Gasteiger partial charge in [-0.25, -0.2) is 14.1 Å². The molecule has 3 aromatic heterocycles. The summed E-state index contributed by atoms with van der Waals surface area (Å²) < 4.78 is 55.6. The first-order valence-electron chi connectivity index (χ1n) is 12.3. The molecule has 2 atom stereocenters. The number of primary amides is 1. The zero-order valence-corrected chi connectivity index (χ0v) is 21.6. The number of nitrogens with two attached hydrogens (primary N) is 1. The summed E-state index contributed by atoms with van der Waals surface area (Å²) in [5.74, 6) is -1.37. The number of hydrogen-bond acceptors (Lipinski definition) is 6. The maximum atomic E-state index is 15.4. The molecule has 0 unspecified atom stereocenters. The van der Waals surface area contributed by atoms with Crippen LogP contribution in [0.1, 0.15) is 52.9 Å². The van der Waals surface area contributed by atoms with Gasteiger partial charge in [0.25, 0.3) is 5.91 Å². The maximum absolute atomic E-state index is 15.4. The molecule has 1 fully saturated rings. The van der Waals surface area contributed by atoms with E-state index in [2.05, 4.69) is 25.3 Å². The highest BCUT2D eigenvalue weighted by atomic mass is 35.5. The summed E-state index contributed by atoms with van der Waals surface area (Å²) in [6.45, 7) is 0. The third-order valence-electron chi connectivity index (χ3n) is 7.17. The quantitative estimate of drug-likeness (QED) is 0.331. The molecule has 2 aliphatic heterocycles. The molecule has 0 aliphatic carbocycles. The van der Waals surface area contributed by atoms with Crippen molar-refractivity contribution in [3.8, 4) is 16.9 Å². The van der Waals surface area contributed by atoms with Crippen molar-refractivity contribution in [1.82, 2.24) is 34.8 Å². The number of carbonyl (C=O) groups is 2. The highest BCUT2D eigenvalue weighted by Gasteiger charge is 2.42. The average Bonchev–Trinajstić information content (AvgIpc) is 3.69. The van der Waals surface area contributed by atoms with E-state index in [-0.39, 0.29) is 46.0 Å². The largest absolute Gasteiger partial charge is 0.436 e. The lowest BCUT2D eigenvalue weighted by molar-refractivity contribution is -0.141. The van der Waals surface area contributed by atoms with Gasteiger partial charge in [-0.05, 0) is 49.1 Å². The van der Waals surface area contributed by atoms with Crippen LogP contribution in [-0.4, -0.2) is 52.7 Å². The van der Waals surface area contributed by atoms with Crippen LogP contribution in [-0.2, 0) is 11.0 Å². The molecule has 2 aliphatic rings. The van der Waals surface area contributed by atoms with Crippen molar-refractivity contribution in [1.29, 1.82) is 0 Å². The Kier molecular flexibility index (Phi) is 6.36. The molecule has 0 saturated carbocycles. The number of pyridine rings is 1. The second-order valence-corrected chi connectivity index (χ2v) is 10.1. The summed E-state index contributed by atoms with van der Waals surface area (Å²) in [5.41, 5.74) is 5.57. The molecule has 15 heteroatoms. The molecule has 1 saturated heterocycles. The lowest BCUT2D eigenvalue weighted by Gasteiger charge is -2.33. The Morgan fingerprint density at radius 1 is 1.12 bits per heavy atom. The monoisotopic (exact) mass is 586 g/mol. The van der Waals surface area contributed by atoms with E-state index < -0.39 is 29.5 Å². The SMILES string of the molecule is NC(=O)c1ccc(-c2cnc([C@@H]3CC[C@H]4CC(c5c(-n6cc(C(F)(F)F)nn6)ccc(Cl)c5F)=CC(=O)N43)[nH]2)cn1. The number of aromatic nitrogens is 6. The smallest absolute Gasteiger partial charge is 0.364 e. The number of benzene rings is 1. The van der Waals surface area contributed by atoms with Crippen LogP contribution >= 0.6 is 11.6 Å². The van der Waals surface area contributed by atoms with Gasteiger partial charge in [-0.15, -0.1) is 5.10 Å².